The predicted molar refractivity (Wildman–Crippen MR) is 284 cm³/mol. The molecule has 4 heterocycles. The zero-order valence-corrected chi connectivity index (χ0v) is 37.5. The molecule has 0 N–H and O–H groups in total. The fraction of sp³-hybridized carbons (Fsp3) is 0.0317. The van der Waals surface area contributed by atoms with Crippen molar-refractivity contribution in [3.63, 3.8) is 0 Å². The van der Waals surface area contributed by atoms with Gasteiger partial charge in [-0.1, -0.05) is 164 Å². The SMILES string of the molecule is C1=CC(c2ccc3c(c2)c2ccccc2n3-c2ccccc2)Cc2c1n(-c1cc(-c3nc(-c4ccccc4)nc(-c4ccccc4)n3)cc(-n3c4ccccc4c4ccccc43)c1)c1ccccc21. The molecule has 0 saturated carbocycles. The molecule has 0 radical (unpaired) electrons. The van der Waals surface area contributed by atoms with Gasteiger partial charge < -0.3 is 13.7 Å². The lowest BCUT2D eigenvalue weighted by atomic mass is 9.86. The van der Waals surface area contributed by atoms with Crippen LogP contribution in [-0.2, 0) is 6.42 Å². The summed E-state index contributed by atoms with van der Waals surface area (Å²) >= 11 is 0. The molecule has 4 aromatic heterocycles. The Morgan fingerprint density at radius 3 is 1.35 bits per heavy atom. The molecule has 0 saturated heterocycles. The van der Waals surface area contributed by atoms with E-state index in [0.29, 0.717) is 17.5 Å². The van der Waals surface area contributed by atoms with Gasteiger partial charge in [-0.2, -0.15) is 0 Å². The highest BCUT2D eigenvalue weighted by molar-refractivity contribution is 6.10. The highest BCUT2D eigenvalue weighted by atomic mass is 15.1. The fourth-order valence-corrected chi connectivity index (χ4v) is 10.9. The second-order valence-electron chi connectivity index (χ2n) is 18.0. The van der Waals surface area contributed by atoms with Crippen LogP contribution in [0.1, 0.15) is 22.7 Å². The molecule has 1 aliphatic rings. The molecule has 9 aromatic carbocycles. The van der Waals surface area contributed by atoms with Crippen LogP contribution in [0.4, 0.5) is 0 Å². The quantitative estimate of drug-likeness (QED) is 0.160. The van der Waals surface area contributed by atoms with Gasteiger partial charge in [0.25, 0.3) is 0 Å². The molecule has 0 bridgehead atoms. The second-order valence-corrected chi connectivity index (χ2v) is 18.0. The van der Waals surface area contributed by atoms with Crippen LogP contribution in [0.3, 0.4) is 0 Å². The third-order valence-corrected chi connectivity index (χ3v) is 14.0. The molecule has 6 nitrogen and oxygen atoms in total. The minimum atomic E-state index is 0.192. The minimum Gasteiger partial charge on any atom is -0.309 e. The molecule has 0 spiro atoms. The molecule has 0 amide bonds. The maximum Gasteiger partial charge on any atom is 0.164 e. The van der Waals surface area contributed by atoms with Gasteiger partial charge in [0.1, 0.15) is 0 Å². The van der Waals surface area contributed by atoms with Crippen molar-refractivity contribution in [2.45, 2.75) is 12.3 Å². The van der Waals surface area contributed by atoms with Crippen LogP contribution in [-0.4, -0.2) is 28.7 Å². The average molecular weight is 883 g/mol. The first-order valence-corrected chi connectivity index (χ1v) is 23.6. The number of fused-ring (bicyclic) bond motifs is 9. The summed E-state index contributed by atoms with van der Waals surface area (Å²) in [6.45, 7) is 0. The van der Waals surface area contributed by atoms with E-state index in [1.54, 1.807) is 0 Å². The normalized spacial score (nSPS) is 13.5. The lowest BCUT2D eigenvalue weighted by Crippen LogP contribution is -2.08. The van der Waals surface area contributed by atoms with Gasteiger partial charge in [0.05, 0.1) is 27.6 Å². The summed E-state index contributed by atoms with van der Waals surface area (Å²) in [6, 6.07) is 80.1. The van der Waals surface area contributed by atoms with Crippen molar-refractivity contribution in [1.29, 1.82) is 0 Å². The highest BCUT2D eigenvalue weighted by Crippen LogP contribution is 2.42. The number of rotatable bonds is 7. The van der Waals surface area contributed by atoms with Crippen LogP contribution in [0.5, 0.6) is 0 Å². The van der Waals surface area contributed by atoms with Crippen LogP contribution in [0, 0.1) is 0 Å². The first kappa shape index (κ1) is 39.1. The Balaban J connectivity index is 0.970. The van der Waals surface area contributed by atoms with Gasteiger partial charge in [0.2, 0.25) is 0 Å². The predicted octanol–water partition coefficient (Wildman–Crippen LogP) is 15.4. The number of benzene rings is 9. The summed E-state index contributed by atoms with van der Waals surface area (Å²) in [5.74, 6) is 2.06. The lowest BCUT2D eigenvalue weighted by Gasteiger charge is -2.21. The number of hydrogen-bond acceptors (Lipinski definition) is 3. The van der Waals surface area contributed by atoms with Gasteiger partial charge >= 0.3 is 0 Å². The van der Waals surface area contributed by atoms with Crippen molar-refractivity contribution in [3.05, 3.63) is 247 Å². The van der Waals surface area contributed by atoms with E-state index >= 15 is 0 Å². The van der Waals surface area contributed by atoms with E-state index in [2.05, 4.69) is 214 Å². The largest absolute Gasteiger partial charge is 0.309 e. The first-order valence-electron chi connectivity index (χ1n) is 23.6. The third-order valence-electron chi connectivity index (χ3n) is 14.0. The highest BCUT2D eigenvalue weighted by Gasteiger charge is 2.26. The maximum absolute atomic E-state index is 5.27. The summed E-state index contributed by atoms with van der Waals surface area (Å²) in [4.78, 5) is 15.6. The molecule has 0 aliphatic heterocycles. The van der Waals surface area contributed by atoms with Gasteiger partial charge in [-0.15, -0.1) is 0 Å². The van der Waals surface area contributed by atoms with Gasteiger partial charge in [-0.3, -0.25) is 0 Å². The number of aromatic nitrogens is 6. The first-order chi connectivity index (χ1) is 34.2. The van der Waals surface area contributed by atoms with Crippen LogP contribution in [0.2, 0.25) is 0 Å². The molecule has 1 unspecified atom stereocenters. The number of nitrogens with zero attached hydrogens (tertiary/aromatic N) is 6. The molecule has 6 heteroatoms. The summed E-state index contributed by atoms with van der Waals surface area (Å²) in [7, 11) is 0. The monoisotopic (exact) mass is 882 g/mol. The third kappa shape index (κ3) is 6.37. The van der Waals surface area contributed by atoms with Crippen molar-refractivity contribution in [2.24, 2.45) is 0 Å². The Kier molecular flexibility index (Phi) is 8.92. The average Bonchev–Trinajstić information content (AvgIpc) is 4.07. The zero-order valence-electron chi connectivity index (χ0n) is 37.5. The number of hydrogen-bond donors (Lipinski definition) is 0. The van der Waals surface area contributed by atoms with E-state index < -0.39 is 0 Å². The molecule has 1 atom stereocenters. The van der Waals surface area contributed by atoms with Crippen molar-refractivity contribution in [3.8, 4) is 51.2 Å². The van der Waals surface area contributed by atoms with Crippen LogP contribution in [0.15, 0.2) is 231 Å². The van der Waals surface area contributed by atoms with Crippen molar-refractivity contribution in [1.82, 2.24) is 28.7 Å². The van der Waals surface area contributed by atoms with Gasteiger partial charge in [-0.05, 0) is 90.4 Å². The Hall–Kier alpha value is -9.13. The number of para-hydroxylation sites is 5. The van der Waals surface area contributed by atoms with E-state index in [-0.39, 0.29) is 5.92 Å². The summed E-state index contributed by atoms with van der Waals surface area (Å²) in [5, 5.41) is 6.20. The second kappa shape index (κ2) is 15.8. The van der Waals surface area contributed by atoms with E-state index in [9.17, 15) is 0 Å². The van der Waals surface area contributed by atoms with Crippen LogP contribution >= 0.6 is 0 Å². The Labute approximate surface area is 398 Å². The molecule has 0 fully saturated rings. The molecule has 13 aromatic rings. The fourth-order valence-electron chi connectivity index (χ4n) is 10.9. The lowest BCUT2D eigenvalue weighted by molar-refractivity contribution is 0.826. The van der Waals surface area contributed by atoms with Crippen molar-refractivity contribution < 1.29 is 0 Å². The summed E-state index contributed by atoms with van der Waals surface area (Å²) in [6.07, 6.45) is 5.64. The number of allylic oxidation sites excluding steroid dienone is 1. The molecular weight excluding hydrogens is 841 g/mol. The Morgan fingerprint density at radius 1 is 0.333 bits per heavy atom. The zero-order chi connectivity index (χ0) is 45.4. The van der Waals surface area contributed by atoms with Crippen LogP contribution in [0.25, 0.3) is 112 Å². The van der Waals surface area contributed by atoms with Gasteiger partial charge in [0, 0.05) is 72.3 Å². The van der Waals surface area contributed by atoms with Crippen LogP contribution < -0.4 is 0 Å². The van der Waals surface area contributed by atoms with E-state index in [1.165, 1.54) is 60.5 Å². The Bertz CT molecular complexity index is 4050. The molecule has 14 rings (SSSR count). The summed E-state index contributed by atoms with van der Waals surface area (Å²) in [5.41, 5.74) is 15.7. The summed E-state index contributed by atoms with van der Waals surface area (Å²) < 4.78 is 7.23. The van der Waals surface area contributed by atoms with E-state index in [1.807, 2.05) is 36.4 Å². The van der Waals surface area contributed by atoms with Crippen molar-refractivity contribution in [2.75, 3.05) is 0 Å². The van der Waals surface area contributed by atoms with E-state index in [0.717, 1.165) is 51.0 Å². The molecule has 1 aliphatic carbocycles. The minimum absolute atomic E-state index is 0.192. The van der Waals surface area contributed by atoms with E-state index in [4.69, 9.17) is 15.0 Å². The molecular formula is C63H42N6. The maximum atomic E-state index is 5.27. The van der Waals surface area contributed by atoms with Gasteiger partial charge in [-0.25, -0.2) is 15.0 Å². The molecule has 324 valence electrons. The van der Waals surface area contributed by atoms with Gasteiger partial charge in [0.15, 0.2) is 17.5 Å². The standard InChI is InChI=1S/C63H42N6/c1-4-18-41(19-5-1)61-64-62(42-20-6-2-7-21-42)66-63(65-61)45-36-47(68-55-28-14-10-24-49(55)50-25-11-15-29-56(50)68)40-48(37-45)69-58-31-17-13-27-52(58)54-39-44(33-35-60(54)69)43-32-34-59-53(38-43)51-26-12-16-30-57(51)67(59)46-22-8-3-9-23-46/h1-38,40,44H,39H2. The van der Waals surface area contributed by atoms with Crippen molar-refractivity contribution >= 4 is 60.6 Å². The topological polar surface area (TPSA) is 53.5 Å². The Morgan fingerprint density at radius 2 is 0.768 bits per heavy atom. The molecule has 69 heavy (non-hydrogen) atoms. The smallest absolute Gasteiger partial charge is 0.164 e.